The third-order valence-electron chi connectivity index (χ3n) is 5.13. The highest BCUT2D eigenvalue weighted by molar-refractivity contribution is 7.95. The van der Waals surface area contributed by atoms with Gasteiger partial charge >= 0.3 is 0 Å². The van der Waals surface area contributed by atoms with Gasteiger partial charge in [0.15, 0.2) is 0 Å². The van der Waals surface area contributed by atoms with E-state index in [1.54, 1.807) is 0 Å². The first-order valence-electron chi connectivity index (χ1n) is 9.96. The van der Waals surface area contributed by atoms with Crippen LogP contribution in [0.25, 0.3) is 0 Å². The van der Waals surface area contributed by atoms with E-state index in [0.29, 0.717) is 0 Å². The third-order valence-corrected chi connectivity index (χ3v) is 9.96. The lowest BCUT2D eigenvalue weighted by atomic mass is 10.3. The van der Waals surface area contributed by atoms with Gasteiger partial charge in [0.1, 0.15) is 33.3 Å². The molecule has 0 spiro atoms. The number of nitrogens with zero attached hydrogens (tertiary/aromatic N) is 1. The van der Waals surface area contributed by atoms with Crippen molar-refractivity contribution >= 4 is 39.0 Å². The zero-order valence-electron chi connectivity index (χ0n) is 17.8. The summed E-state index contributed by atoms with van der Waals surface area (Å²) in [5.41, 5.74) is -0.420. The van der Waals surface area contributed by atoms with Crippen molar-refractivity contribution in [3.63, 3.8) is 0 Å². The molecule has 0 saturated carbocycles. The van der Waals surface area contributed by atoms with Crippen molar-refractivity contribution < 1.29 is 17.9 Å². The van der Waals surface area contributed by atoms with Crippen LogP contribution in [-0.2, 0) is 10.1 Å². The van der Waals surface area contributed by atoms with Gasteiger partial charge in [-0.2, -0.15) is 0 Å². The van der Waals surface area contributed by atoms with Gasteiger partial charge in [0.25, 0.3) is 5.69 Å². The molecule has 4 aromatic carbocycles. The summed E-state index contributed by atoms with van der Waals surface area (Å²) in [7, 11) is -6.14. The van der Waals surface area contributed by atoms with Crippen LogP contribution in [-0.4, -0.2) is 24.6 Å². The van der Waals surface area contributed by atoms with Crippen LogP contribution in [0.3, 0.4) is 0 Å². The maximum absolute atomic E-state index is 10.4. The molecule has 0 aliphatic heterocycles. The minimum absolute atomic E-state index is 0.420. The minimum atomic E-state index is -4.61. The molecule has 4 rings (SSSR count). The maximum Gasteiger partial charge on any atom is 0.270 e. The fourth-order valence-electron chi connectivity index (χ4n) is 3.38. The van der Waals surface area contributed by atoms with Gasteiger partial charge in [-0.05, 0) is 42.5 Å². The molecule has 0 aliphatic rings. The predicted octanol–water partition coefficient (Wildman–Crippen LogP) is 4.11. The molecule has 0 bridgehead atoms. The van der Waals surface area contributed by atoms with Crippen molar-refractivity contribution in [3.8, 4) is 0 Å². The number of hydrogen-bond donors (Lipinski definition) is 0. The number of hydrogen-bond acceptors (Lipinski definition) is 5. The average Bonchev–Trinajstić information content (AvgIpc) is 2.85. The van der Waals surface area contributed by atoms with Crippen molar-refractivity contribution in [2.45, 2.75) is 4.90 Å². The zero-order valence-corrected chi connectivity index (χ0v) is 19.5. The first-order chi connectivity index (χ1) is 15.7. The summed E-state index contributed by atoms with van der Waals surface area (Å²) in [5, 5.41) is 14.5. The summed E-state index contributed by atoms with van der Waals surface area (Å²) < 4.78 is 31.3. The molecular weight excluding hydrogens is 457 g/mol. The smallest absolute Gasteiger partial charge is 0.270 e. The molecule has 6 nitrogen and oxygen atoms in total. The van der Waals surface area contributed by atoms with E-state index in [9.17, 15) is 23.1 Å². The normalized spacial score (nSPS) is 11.2. The van der Waals surface area contributed by atoms with Crippen LogP contribution in [0.5, 0.6) is 0 Å². The lowest BCUT2D eigenvalue weighted by Crippen LogP contribution is -2.30. The summed E-state index contributed by atoms with van der Waals surface area (Å²) >= 11 is 0. The van der Waals surface area contributed by atoms with Crippen molar-refractivity contribution in [2.75, 3.05) is 6.66 Å². The van der Waals surface area contributed by atoms with Gasteiger partial charge in [0, 0.05) is 12.1 Å². The van der Waals surface area contributed by atoms with Crippen molar-refractivity contribution in [3.05, 3.63) is 125 Å². The molecule has 0 N–H and O–H groups in total. The Balaban J connectivity index is 0.000000205. The predicted molar refractivity (Wildman–Crippen MR) is 132 cm³/mol. The highest BCUT2D eigenvalue weighted by atomic mass is 32.2. The van der Waals surface area contributed by atoms with Crippen molar-refractivity contribution in [1.29, 1.82) is 0 Å². The van der Waals surface area contributed by atoms with Gasteiger partial charge < -0.3 is 4.55 Å². The van der Waals surface area contributed by atoms with Crippen molar-refractivity contribution in [2.24, 2.45) is 0 Å². The second-order valence-corrected chi connectivity index (χ2v) is 12.2. The molecule has 0 amide bonds. The molecule has 4 aromatic rings. The largest absolute Gasteiger partial charge is 0.744 e. The molecule has 0 radical (unpaired) electrons. The Bertz CT molecular complexity index is 1220. The Morgan fingerprint density at radius 2 is 1.06 bits per heavy atom. The summed E-state index contributed by atoms with van der Waals surface area (Å²) in [6.07, 6.45) is 0. The summed E-state index contributed by atoms with van der Waals surface area (Å²) in [4.78, 5) is 8.82. The number of non-ortho nitro benzene ring substituents is 1. The Kier molecular flexibility index (Phi) is 7.71. The van der Waals surface area contributed by atoms with Gasteiger partial charge in [-0.3, -0.25) is 10.1 Å². The van der Waals surface area contributed by atoms with Crippen LogP contribution in [0.2, 0.25) is 0 Å². The second kappa shape index (κ2) is 10.5. The van der Waals surface area contributed by atoms with Gasteiger partial charge in [0.05, 0.1) is 16.5 Å². The number of nitro benzene ring substituents is 1. The van der Waals surface area contributed by atoms with E-state index >= 15 is 0 Å². The first-order valence-corrected chi connectivity index (χ1v) is 13.6. The summed E-state index contributed by atoms with van der Waals surface area (Å²) in [6.45, 7) is 2.41. The van der Waals surface area contributed by atoms with Crippen LogP contribution in [0, 0.1) is 10.1 Å². The monoisotopic (exact) mass is 479 g/mol. The molecule has 0 atom stereocenters. The van der Waals surface area contributed by atoms with E-state index < -0.39 is 32.9 Å². The molecule has 0 aliphatic carbocycles. The van der Waals surface area contributed by atoms with E-state index in [-0.39, 0.29) is 0 Å². The van der Waals surface area contributed by atoms with E-state index in [1.807, 2.05) is 0 Å². The molecule has 33 heavy (non-hydrogen) atoms. The Labute approximate surface area is 193 Å². The number of nitro groups is 1. The van der Waals surface area contributed by atoms with E-state index in [0.717, 1.165) is 24.3 Å². The van der Waals surface area contributed by atoms with E-state index in [1.165, 1.54) is 15.9 Å². The highest BCUT2D eigenvalue weighted by Gasteiger charge is 2.39. The lowest BCUT2D eigenvalue weighted by Gasteiger charge is -2.22. The minimum Gasteiger partial charge on any atom is -0.744 e. The summed E-state index contributed by atoms with van der Waals surface area (Å²) in [5.74, 6) is 0. The van der Waals surface area contributed by atoms with Crippen LogP contribution >= 0.6 is 7.26 Å². The second-order valence-electron chi connectivity index (χ2n) is 7.22. The SMILES string of the molecule is C[P+](c1ccccc1)(c1ccccc1)c1ccccc1.O=[N+]([O-])c1cccc(S(=O)(=O)[O-])c1. The Morgan fingerprint density at radius 3 is 1.39 bits per heavy atom. The quantitative estimate of drug-likeness (QED) is 0.186. The molecule has 0 unspecified atom stereocenters. The maximum atomic E-state index is 10.4. The molecule has 8 heteroatoms. The van der Waals surface area contributed by atoms with Gasteiger partial charge in [-0.1, -0.05) is 60.7 Å². The number of rotatable bonds is 5. The molecule has 0 saturated heterocycles. The lowest BCUT2D eigenvalue weighted by molar-refractivity contribution is -0.385. The average molecular weight is 479 g/mol. The Hall–Kier alpha value is -3.38. The van der Waals surface area contributed by atoms with Gasteiger partial charge in [-0.15, -0.1) is 0 Å². The fourth-order valence-corrected chi connectivity index (χ4v) is 7.09. The van der Waals surface area contributed by atoms with E-state index in [2.05, 4.69) is 97.7 Å². The van der Waals surface area contributed by atoms with Gasteiger partial charge in [0.2, 0.25) is 0 Å². The molecule has 168 valence electrons. The van der Waals surface area contributed by atoms with Crippen LogP contribution < -0.4 is 15.9 Å². The molecule has 0 heterocycles. The van der Waals surface area contributed by atoms with E-state index in [4.69, 9.17) is 0 Å². The highest BCUT2D eigenvalue weighted by Crippen LogP contribution is 2.51. The molecular formula is C25H22NO5PS. The molecule has 0 aromatic heterocycles. The fraction of sp³-hybridized carbons (Fsp3) is 0.0400. The third kappa shape index (κ3) is 5.90. The van der Waals surface area contributed by atoms with Crippen LogP contribution in [0.15, 0.2) is 120 Å². The van der Waals surface area contributed by atoms with Gasteiger partial charge in [-0.25, -0.2) is 8.42 Å². The first kappa shape index (κ1) is 24.3. The van der Waals surface area contributed by atoms with Crippen molar-refractivity contribution in [1.82, 2.24) is 0 Å². The Morgan fingerprint density at radius 1 is 0.667 bits per heavy atom. The van der Waals surface area contributed by atoms with Crippen LogP contribution in [0.4, 0.5) is 5.69 Å². The summed E-state index contributed by atoms with van der Waals surface area (Å²) in [6, 6.07) is 36.6. The van der Waals surface area contributed by atoms with Crippen LogP contribution in [0.1, 0.15) is 0 Å². The topological polar surface area (TPSA) is 100 Å². The zero-order chi connectivity index (χ0) is 23.9. The number of benzene rings is 4. The standard InChI is InChI=1S/C19H18P.C6H5NO5S/c1-20(17-11-5-2-6-12-17,18-13-7-3-8-14-18)19-15-9-4-10-16-19;8-7(9)5-2-1-3-6(4-5)13(10,11)12/h2-16H,1H3;1-4H,(H,10,11,12)/q+1;/p-1. The molecule has 0 fully saturated rings.